The van der Waals surface area contributed by atoms with Gasteiger partial charge in [0.2, 0.25) is 0 Å². The van der Waals surface area contributed by atoms with E-state index in [0.717, 1.165) is 12.8 Å². The van der Waals surface area contributed by atoms with E-state index in [2.05, 4.69) is 14.8 Å². The minimum absolute atomic E-state index is 0.00702. The number of carboxylic acids is 1. The first-order chi connectivity index (χ1) is 15.8. The number of aromatic nitrogens is 4. The van der Waals surface area contributed by atoms with Gasteiger partial charge in [-0.3, -0.25) is 4.72 Å². The van der Waals surface area contributed by atoms with Crippen LogP contribution in [0.2, 0.25) is 0 Å². The first-order valence-electron chi connectivity index (χ1n) is 10.4. The Labute approximate surface area is 190 Å². The number of rotatable bonds is 7. The zero-order valence-corrected chi connectivity index (χ0v) is 18.5. The number of nitrogens with zero attached hydrogens (tertiary/aromatic N) is 4. The van der Waals surface area contributed by atoms with Crippen LogP contribution < -0.4 is 4.72 Å². The molecule has 1 saturated carbocycles. The Balaban J connectivity index is 1.63. The Hall–Kier alpha value is -3.92. The highest BCUT2D eigenvalue weighted by Crippen LogP contribution is 2.43. The molecule has 0 aliphatic heterocycles. The molecule has 1 aliphatic carbocycles. The van der Waals surface area contributed by atoms with Gasteiger partial charge >= 0.3 is 5.97 Å². The number of hydrogen-bond acceptors (Lipinski definition) is 5. The fourth-order valence-electron chi connectivity index (χ4n) is 3.87. The first kappa shape index (κ1) is 21.0. The Morgan fingerprint density at radius 3 is 2.52 bits per heavy atom. The lowest BCUT2D eigenvalue weighted by Crippen LogP contribution is -2.17. The van der Waals surface area contributed by atoms with Crippen LogP contribution in [0.1, 0.15) is 34.7 Å². The van der Waals surface area contributed by atoms with Gasteiger partial charge in [-0.15, -0.1) is 0 Å². The van der Waals surface area contributed by atoms with Gasteiger partial charge < -0.3 is 9.67 Å². The Morgan fingerprint density at radius 1 is 1.12 bits per heavy atom. The van der Waals surface area contributed by atoms with E-state index >= 15 is 0 Å². The van der Waals surface area contributed by atoms with Crippen molar-refractivity contribution in [2.75, 3.05) is 4.72 Å². The molecule has 2 N–H and O–H groups in total. The fraction of sp³-hybridized carbons (Fsp3) is 0.174. The van der Waals surface area contributed by atoms with E-state index < -0.39 is 16.0 Å². The Morgan fingerprint density at radius 2 is 1.88 bits per heavy atom. The van der Waals surface area contributed by atoms with Crippen molar-refractivity contribution in [2.24, 2.45) is 7.05 Å². The van der Waals surface area contributed by atoms with Crippen LogP contribution in [-0.4, -0.2) is 38.8 Å². The summed E-state index contributed by atoms with van der Waals surface area (Å²) in [6, 6.07) is 13.3. The third-order valence-corrected chi connectivity index (χ3v) is 7.08. The number of nitrogens with one attached hydrogen (secondary N) is 1. The van der Waals surface area contributed by atoms with Gasteiger partial charge in [-0.1, -0.05) is 6.07 Å². The summed E-state index contributed by atoms with van der Waals surface area (Å²) in [4.78, 5) is 15.8. The second kappa shape index (κ2) is 7.89. The summed E-state index contributed by atoms with van der Waals surface area (Å²) in [7, 11) is -2.33. The average molecular weight is 464 g/mol. The highest BCUT2D eigenvalue weighted by Gasteiger charge is 2.31. The van der Waals surface area contributed by atoms with Crippen molar-refractivity contribution in [1.82, 2.24) is 19.3 Å². The van der Waals surface area contributed by atoms with Crippen LogP contribution >= 0.6 is 0 Å². The van der Waals surface area contributed by atoms with Crippen LogP contribution in [-0.2, 0) is 17.1 Å². The summed E-state index contributed by atoms with van der Waals surface area (Å²) in [6.07, 6.45) is 6.82. The van der Waals surface area contributed by atoms with Gasteiger partial charge in [0.05, 0.1) is 21.8 Å². The molecule has 0 amide bonds. The maximum atomic E-state index is 13.6. The molecule has 2 aromatic heterocycles. The molecule has 0 spiro atoms. The number of hydrogen-bond donors (Lipinski definition) is 2. The normalized spacial score (nSPS) is 13.7. The molecule has 2 heterocycles. The van der Waals surface area contributed by atoms with E-state index in [4.69, 9.17) is 0 Å². The van der Waals surface area contributed by atoms with Crippen LogP contribution in [0.15, 0.2) is 72.1 Å². The zero-order valence-electron chi connectivity index (χ0n) is 17.7. The molecule has 33 heavy (non-hydrogen) atoms. The molecule has 0 atom stereocenters. The van der Waals surface area contributed by atoms with Crippen LogP contribution in [0, 0.1) is 0 Å². The molecule has 4 aromatic rings. The largest absolute Gasteiger partial charge is 0.478 e. The van der Waals surface area contributed by atoms with Gasteiger partial charge in [0.1, 0.15) is 6.33 Å². The molecular formula is C23H21N5O4S. The maximum Gasteiger partial charge on any atom is 0.335 e. The van der Waals surface area contributed by atoms with Gasteiger partial charge in [-0.25, -0.2) is 22.9 Å². The van der Waals surface area contributed by atoms with Crippen molar-refractivity contribution in [3.05, 3.63) is 78.4 Å². The number of carbonyl (C=O) groups is 1. The van der Waals surface area contributed by atoms with E-state index in [1.54, 1.807) is 34.5 Å². The standard InChI is InChI=1S/C23H21N5O4S/c1-27-22(24-14-25-27)16-7-9-20(28-10-2-3-11-28)19(12-16)26-33(31,32)21-13-17(23(29)30)6-8-18(21)15-4-5-15/h2-3,6-15,26H,4-5H2,1H3,(H,29,30). The third kappa shape index (κ3) is 4.00. The van der Waals surface area contributed by atoms with Gasteiger partial charge in [0.25, 0.3) is 10.0 Å². The second-order valence-electron chi connectivity index (χ2n) is 7.97. The van der Waals surface area contributed by atoms with Crippen molar-refractivity contribution in [2.45, 2.75) is 23.7 Å². The van der Waals surface area contributed by atoms with E-state index in [1.165, 1.54) is 18.5 Å². The summed E-state index contributed by atoms with van der Waals surface area (Å²) >= 11 is 0. The molecule has 2 aromatic carbocycles. The first-order valence-corrected chi connectivity index (χ1v) is 11.8. The van der Waals surface area contributed by atoms with Crippen LogP contribution in [0.3, 0.4) is 0 Å². The SMILES string of the molecule is Cn1ncnc1-c1ccc(-n2cccc2)c(NS(=O)(=O)c2cc(C(=O)O)ccc2C2CC2)c1. The number of benzene rings is 2. The number of sulfonamides is 1. The zero-order chi connectivity index (χ0) is 23.2. The lowest BCUT2D eigenvalue weighted by Gasteiger charge is -2.17. The minimum Gasteiger partial charge on any atom is -0.478 e. The van der Waals surface area contributed by atoms with Gasteiger partial charge in [-0.2, -0.15) is 5.10 Å². The maximum absolute atomic E-state index is 13.6. The molecule has 1 aliphatic rings. The van der Waals surface area contributed by atoms with Crippen molar-refractivity contribution >= 4 is 21.7 Å². The summed E-state index contributed by atoms with van der Waals surface area (Å²) in [5.74, 6) is -0.472. The topological polar surface area (TPSA) is 119 Å². The Kier molecular flexibility index (Phi) is 5.01. The molecular weight excluding hydrogens is 442 g/mol. The van der Waals surface area contributed by atoms with Crippen LogP contribution in [0.4, 0.5) is 5.69 Å². The molecule has 0 radical (unpaired) electrons. The lowest BCUT2D eigenvalue weighted by molar-refractivity contribution is 0.0696. The van der Waals surface area contributed by atoms with E-state index in [0.29, 0.717) is 28.3 Å². The molecule has 5 rings (SSSR count). The highest BCUT2D eigenvalue weighted by atomic mass is 32.2. The van der Waals surface area contributed by atoms with E-state index in [9.17, 15) is 18.3 Å². The lowest BCUT2D eigenvalue weighted by atomic mass is 10.1. The predicted octanol–water partition coefficient (Wildman–Crippen LogP) is 3.65. The number of aryl methyl sites for hydroxylation is 1. The minimum atomic E-state index is -4.08. The third-order valence-electron chi connectivity index (χ3n) is 5.66. The highest BCUT2D eigenvalue weighted by molar-refractivity contribution is 7.92. The molecule has 1 fully saturated rings. The van der Waals surface area contributed by atoms with Crippen molar-refractivity contribution in [1.29, 1.82) is 0 Å². The summed E-state index contributed by atoms with van der Waals surface area (Å²) < 4.78 is 33.2. The van der Waals surface area contributed by atoms with Crippen LogP contribution in [0.25, 0.3) is 17.1 Å². The van der Waals surface area contributed by atoms with Gasteiger partial charge in [-0.05, 0) is 66.8 Å². The molecule has 9 nitrogen and oxygen atoms in total. The monoisotopic (exact) mass is 463 g/mol. The van der Waals surface area contributed by atoms with E-state index in [-0.39, 0.29) is 16.4 Å². The Bertz CT molecular complexity index is 1450. The van der Waals surface area contributed by atoms with Crippen LogP contribution in [0.5, 0.6) is 0 Å². The van der Waals surface area contributed by atoms with Crippen molar-refractivity contribution in [3.8, 4) is 17.1 Å². The predicted molar refractivity (Wildman–Crippen MR) is 122 cm³/mol. The van der Waals surface area contributed by atoms with Crippen molar-refractivity contribution < 1.29 is 18.3 Å². The van der Waals surface area contributed by atoms with Gasteiger partial charge in [0, 0.05) is 25.0 Å². The van der Waals surface area contributed by atoms with Crippen molar-refractivity contribution in [3.63, 3.8) is 0 Å². The number of aromatic carboxylic acids is 1. The molecule has 0 saturated heterocycles. The van der Waals surface area contributed by atoms with Gasteiger partial charge in [0.15, 0.2) is 5.82 Å². The molecule has 168 valence electrons. The second-order valence-corrected chi connectivity index (χ2v) is 9.62. The molecule has 0 unspecified atom stereocenters. The quantitative estimate of drug-likeness (QED) is 0.432. The summed E-state index contributed by atoms with van der Waals surface area (Å²) in [5.41, 5.74) is 2.22. The molecule has 0 bridgehead atoms. The number of anilines is 1. The summed E-state index contributed by atoms with van der Waals surface area (Å²) in [5, 5.41) is 13.5. The fourth-order valence-corrected chi connectivity index (χ4v) is 5.26. The summed E-state index contributed by atoms with van der Waals surface area (Å²) in [6.45, 7) is 0. The van der Waals surface area contributed by atoms with E-state index in [1.807, 2.05) is 30.6 Å². The average Bonchev–Trinajstić information content (AvgIpc) is 3.31. The smallest absolute Gasteiger partial charge is 0.335 e. The number of carboxylic acid groups (broad SMARTS) is 1. The molecule has 10 heteroatoms.